The number of benzene rings is 1. The molecule has 158 valence electrons. The van der Waals surface area contributed by atoms with E-state index in [1.165, 1.54) is 28.3 Å². The molecule has 7 nitrogen and oxygen atoms in total. The van der Waals surface area contributed by atoms with Gasteiger partial charge in [0.25, 0.3) is 0 Å². The SMILES string of the molecule is CC1CN(S(=O)(=O)CCN=C(N)Nc2cccc3c2CCCC3)CC(C)O1.I. The number of nitrogens with one attached hydrogen (secondary N) is 1. The number of guanidine groups is 1. The van der Waals surface area contributed by atoms with Crippen molar-refractivity contribution in [2.24, 2.45) is 10.7 Å². The number of fused-ring (bicyclic) bond motifs is 1. The fourth-order valence-electron chi connectivity index (χ4n) is 3.84. The first kappa shape index (κ1) is 23.4. The van der Waals surface area contributed by atoms with Crippen molar-refractivity contribution < 1.29 is 13.2 Å². The Kier molecular flexibility index (Phi) is 8.53. The monoisotopic (exact) mass is 522 g/mol. The predicted octanol–water partition coefficient (Wildman–Crippen LogP) is 2.35. The van der Waals surface area contributed by atoms with Gasteiger partial charge in [-0.2, -0.15) is 4.31 Å². The number of anilines is 1. The fourth-order valence-corrected chi connectivity index (χ4v) is 5.30. The van der Waals surface area contributed by atoms with Gasteiger partial charge in [0, 0.05) is 18.8 Å². The molecule has 3 rings (SSSR count). The number of hydrogen-bond donors (Lipinski definition) is 2. The maximum Gasteiger partial charge on any atom is 0.216 e. The highest BCUT2D eigenvalue weighted by Crippen LogP contribution is 2.27. The Labute approximate surface area is 185 Å². The molecule has 0 bridgehead atoms. The lowest BCUT2D eigenvalue weighted by Crippen LogP contribution is -2.49. The van der Waals surface area contributed by atoms with E-state index in [2.05, 4.69) is 16.4 Å². The lowest BCUT2D eigenvalue weighted by Gasteiger charge is -2.34. The second kappa shape index (κ2) is 10.2. The van der Waals surface area contributed by atoms with Crippen molar-refractivity contribution in [3.8, 4) is 0 Å². The summed E-state index contributed by atoms with van der Waals surface area (Å²) in [6, 6.07) is 6.18. The van der Waals surface area contributed by atoms with Crippen molar-refractivity contribution in [2.75, 3.05) is 30.7 Å². The summed E-state index contributed by atoms with van der Waals surface area (Å²) in [5.41, 5.74) is 9.64. The van der Waals surface area contributed by atoms with Gasteiger partial charge in [0.1, 0.15) is 0 Å². The van der Waals surface area contributed by atoms with E-state index in [9.17, 15) is 8.42 Å². The molecule has 0 saturated carbocycles. The predicted molar refractivity (Wildman–Crippen MR) is 124 cm³/mol. The smallest absolute Gasteiger partial charge is 0.216 e. The zero-order valence-electron chi connectivity index (χ0n) is 16.6. The fraction of sp³-hybridized carbons (Fsp3) is 0.632. The summed E-state index contributed by atoms with van der Waals surface area (Å²) < 4.78 is 32.2. The van der Waals surface area contributed by atoms with Crippen LogP contribution in [0.25, 0.3) is 0 Å². The number of ether oxygens (including phenoxy) is 1. The van der Waals surface area contributed by atoms with Gasteiger partial charge in [0.15, 0.2) is 5.96 Å². The molecule has 1 fully saturated rings. The first-order valence-corrected chi connectivity index (χ1v) is 11.3. The Hall–Kier alpha value is -0.910. The van der Waals surface area contributed by atoms with Crippen LogP contribution in [0.3, 0.4) is 0 Å². The number of nitrogens with zero attached hydrogens (tertiary/aromatic N) is 2. The molecule has 1 saturated heterocycles. The molecule has 0 amide bonds. The molecule has 1 aromatic carbocycles. The van der Waals surface area contributed by atoms with Gasteiger partial charge in [0.05, 0.1) is 24.5 Å². The molecule has 28 heavy (non-hydrogen) atoms. The zero-order valence-corrected chi connectivity index (χ0v) is 19.7. The number of morpholine rings is 1. The van der Waals surface area contributed by atoms with E-state index in [1.54, 1.807) is 0 Å². The summed E-state index contributed by atoms with van der Waals surface area (Å²) in [6.45, 7) is 4.69. The van der Waals surface area contributed by atoms with Gasteiger partial charge in [-0.05, 0) is 56.7 Å². The van der Waals surface area contributed by atoms with Gasteiger partial charge in [-0.25, -0.2) is 8.42 Å². The van der Waals surface area contributed by atoms with Gasteiger partial charge in [-0.3, -0.25) is 4.99 Å². The van der Waals surface area contributed by atoms with Crippen LogP contribution in [0.4, 0.5) is 5.69 Å². The molecule has 1 aromatic rings. The number of sulfonamides is 1. The second-order valence-corrected chi connectivity index (χ2v) is 9.52. The number of nitrogens with two attached hydrogens (primary N) is 1. The second-order valence-electron chi connectivity index (χ2n) is 7.43. The molecule has 0 radical (unpaired) electrons. The van der Waals surface area contributed by atoms with Gasteiger partial charge in [-0.1, -0.05) is 12.1 Å². The highest BCUT2D eigenvalue weighted by molar-refractivity contribution is 14.0. The first-order chi connectivity index (χ1) is 12.8. The van der Waals surface area contributed by atoms with E-state index in [0.29, 0.717) is 13.1 Å². The standard InChI is InChI=1S/C19H30N4O3S.HI/c1-14-12-23(13-15(2)26-14)27(24,25)11-10-21-19(20)22-18-9-5-7-16-6-3-4-8-17(16)18;/h5,7,9,14-15H,3-4,6,8,10-13H2,1-2H3,(H3,20,21,22);1H. The molecule has 1 aliphatic heterocycles. The molecule has 1 heterocycles. The summed E-state index contributed by atoms with van der Waals surface area (Å²) in [6.07, 6.45) is 4.34. The molecule has 9 heteroatoms. The van der Waals surface area contributed by atoms with E-state index in [1.807, 2.05) is 26.0 Å². The lowest BCUT2D eigenvalue weighted by molar-refractivity contribution is -0.0440. The summed E-state index contributed by atoms with van der Waals surface area (Å²) in [7, 11) is -3.37. The van der Waals surface area contributed by atoms with E-state index in [4.69, 9.17) is 10.5 Å². The maximum absolute atomic E-state index is 12.5. The van der Waals surface area contributed by atoms with Crippen LogP contribution >= 0.6 is 24.0 Å². The van der Waals surface area contributed by atoms with E-state index in [-0.39, 0.29) is 54.4 Å². The number of aryl methyl sites for hydroxylation is 1. The van der Waals surface area contributed by atoms with Crippen molar-refractivity contribution in [1.29, 1.82) is 0 Å². The summed E-state index contributed by atoms with van der Waals surface area (Å²) in [4.78, 5) is 4.23. The third kappa shape index (κ3) is 6.04. The summed E-state index contributed by atoms with van der Waals surface area (Å²) in [5, 5.41) is 3.15. The third-order valence-corrected chi connectivity index (χ3v) is 6.85. The van der Waals surface area contributed by atoms with Gasteiger partial charge in [0.2, 0.25) is 10.0 Å². The Morgan fingerprint density at radius 3 is 2.64 bits per heavy atom. The lowest BCUT2D eigenvalue weighted by atomic mass is 9.90. The maximum atomic E-state index is 12.5. The third-order valence-electron chi connectivity index (χ3n) is 5.07. The van der Waals surface area contributed by atoms with Crippen LogP contribution < -0.4 is 11.1 Å². The Balaban J connectivity index is 0.00000280. The topological polar surface area (TPSA) is 97.0 Å². The largest absolute Gasteiger partial charge is 0.373 e. The molecule has 0 spiro atoms. The van der Waals surface area contributed by atoms with E-state index in [0.717, 1.165) is 18.5 Å². The normalized spacial score (nSPS) is 23.6. The Bertz CT molecular complexity index is 790. The molecule has 1 aliphatic carbocycles. The van der Waals surface area contributed by atoms with Crippen LogP contribution in [0.15, 0.2) is 23.2 Å². The first-order valence-electron chi connectivity index (χ1n) is 9.66. The molecular formula is C19H31IN4O3S. The minimum atomic E-state index is -3.37. The van der Waals surface area contributed by atoms with E-state index >= 15 is 0 Å². The molecule has 0 aromatic heterocycles. The molecule has 2 atom stereocenters. The average molecular weight is 522 g/mol. The zero-order chi connectivity index (χ0) is 19.4. The highest BCUT2D eigenvalue weighted by atomic mass is 127. The van der Waals surface area contributed by atoms with Crippen molar-refractivity contribution >= 4 is 45.6 Å². The van der Waals surface area contributed by atoms with Crippen LogP contribution in [-0.4, -0.2) is 56.3 Å². The summed E-state index contributed by atoms with van der Waals surface area (Å²) >= 11 is 0. The molecule has 3 N–H and O–H groups in total. The number of halogens is 1. The van der Waals surface area contributed by atoms with Crippen LogP contribution in [0.1, 0.15) is 37.8 Å². The van der Waals surface area contributed by atoms with Crippen LogP contribution in [0.2, 0.25) is 0 Å². The number of hydrogen-bond acceptors (Lipinski definition) is 4. The van der Waals surface area contributed by atoms with Crippen molar-refractivity contribution in [2.45, 2.75) is 51.7 Å². The molecule has 2 aliphatic rings. The van der Waals surface area contributed by atoms with Gasteiger partial charge < -0.3 is 15.8 Å². The summed E-state index contributed by atoms with van der Waals surface area (Å²) in [5.74, 6) is 0.203. The van der Waals surface area contributed by atoms with Crippen molar-refractivity contribution in [3.05, 3.63) is 29.3 Å². The van der Waals surface area contributed by atoms with Crippen LogP contribution in [0.5, 0.6) is 0 Å². The van der Waals surface area contributed by atoms with Crippen LogP contribution in [0, 0.1) is 0 Å². The number of rotatable bonds is 5. The van der Waals surface area contributed by atoms with Crippen LogP contribution in [-0.2, 0) is 27.6 Å². The average Bonchev–Trinajstić information content (AvgIpc) is 2.61. The number of aliphatic imine (C=N–C) groups is 1. The van der Waals surface area contributed by atoms with Gasteiger partial charge in [-0.15, -0.1) is 24.0 Å². The van der Waals surface area contributed by atoms with E-state index < -0.39 is 10.0 Å². The van der Waals surface area contributed by atoms with Gasteiger partial charge >= 0.3 is 0 Å². The minimum absolute atomic E-state index is 0. The molecule has 2 unspecified atom stereocenters. The van der Waals surface area contributed by atoms with Crippen molar-refractivity contribution in [3.63, 3.8) is 0 Å². The van der Waals surface area contributed by atoms with Crippen molar-refractivity contribution in [1.82, 2.24) is 4.31 Å². The highest BCUT2D eigenvalue weighted by Gasteiger charge is 2.30. The quantitative estimate of drug-likeness (QED) is 0.352. The molecular weight excluding hydrogens is 491 g/mol. The Morgan fingerprint density at radius 1 is 1.25 bits per heavy atom. The minimum Gasteiger partial charge on any atom is -0.373 e. The Morgan fingerprint density at radius 2 is 1.93 bits per heavy atom.